The average Bonchev–Trinajstić information content (AvgIpc) is 2.43. The molecule has 2 rings (SSSR count). The number of rotatable bonds is 4. The lowest BCUT2D eigenvalue weighted by Crippen LogP contribution is -2.12. The van der Waals surface area contributed by atoms with E-state index in [9.17, 15) is 23.3 Å². The van der Waals surface area contributed by atoms with Crippen molar-refractivity contribution in [1.82, 2.24) is 9.97 Å². The van der Waals surface area contributed by atoms with E-state index in [0.717, 1.165) is 12.3 Å². The largest absolute Gasteiger partial charge is 0.356 e. The first-order valence-corrected chi connectivity index (χ1v) is 5.76. The summed E-state index contributed by atoms with van der Waals surface area (Å²) in [5, 5.41) is 13.4. The molecular weight excluding hydrogens is 289 g/mol. The molecule has 1 atom stereocenters. The van der Waals surface area contributed by atoms with Crippen LogP contribution in [0.4, 0.5) is 24.7 Å². The van der Waals surface area contributed by atoms with Crippen molar-refractivity contribution in [2.24, 2.45) is 0 Å². The van der Waals surface area contributed by atoms with E-state index in [1.165, 1.54) is 6.07 Å². The van der Waals surface area contributed by atoms with E-state index in [0.29, 0.717) is 11.9 Å². The molecule has 0 saturated heterocycles. The Balaban J connectivity index is 2.33. The molecule has 9 heteroatoms. The van der Waals surface area contributed by atoms with Crippen molar-refractivity contribution in [2.75, 3.05) is 5.32 Å². The van der Waals surface area contributed by atoms with Gasteiger partial charge in [-0.05, 0) is 19.1 Å². The highest BCUT2D eigenvalue weighted by Crippen LogP contribution is 2.29. The highest BCUT2D eigenvalue weighted by Gasteiger charge is 2.26. The van der Waals surface area contributed by atoms with Gasteiger partial charge in [-0.3, -0.25) is 15.1 Å². The summed E-state index contributed by atoms with van der Waals surface area (Å²) in [5.74, 6) is -3.99. The normalized spacial score (nSPS) is 12.0. The Morgan fingerprint density at radius 3 is 2.52 bits per heavy atom. The molecule has 0 spiro atoms. The van der Waals surface area contributed by atoms with Gasteiger partial charge in [-0.2, -0.15) is 4.39 Å². The summed E-state index contributed by atoms with van der Waals surface area (Å²) in [4.78, 5) is 17.0. The van der Waals surface area contributed by atoms with Gasteiger partial charge in [0.05, 0.1) is 29.1 Å². The third-order valence-electron chi connectivity index (χ3n) is 2.68. The van der Waals surface area contributed by atoms with Crippen LogP contribution < -0.4 is 5.32 Å². The zero-order valence-corrected chi connectivity index (χ0v) is 10.7. The van der Waals surface area contributed by atoms with Gasteiger partial charge in [-0.1, -0.05) is 0 Å². The van der Waals surface area contributed by atoms with Gasteiger partial charge in [0.2, 0.25) is 11.6 Å². The van der Waals surface area contributed by atoms with Crippen LogP contribution in [0.2, 0.25) is 0 Å². The lowest BCUT2D eigenvalue weighted by Gasteiger charge is -2.14. The summed E-state index contributed by atoms with van der Waals surface area (Å²) in [5.41, 5.74) is -0.735. The fourth-order valence-electron chi connectivity index (χ4n) is 1.65. The number of pyridine rings is 2. The van der Waals surface area contributed by atoms with Crippen molar-refractivity contribution in [1.29, 1.82) is 0 Å². The second kappa shape index (κ2) is 5.73. The van der Waals surface area contributed by atoms with Gasteiger partial charge in [0.1, 0.15) is 5.82 Å². The predicted molar refractivity (Wildman–Crippen MR) is 67.0 cm³/mol. The fraction of sp³-hybridized carbons (Fsp3) is 0.167. The van der Waals surface area contributed by atoms with Crippen molar-refractivity contribution in [3.8, 4) is 0 Å². The molecule has 0 fully saturated rings. The fourth-order valence-corrected chi connectivity index (χ4v) is 1.65. The molecule has 0 saturated carbocycles. The number of nitrogens with one attached hydrogen (secondary N) is 1. The Morgan fingerprint density at radius 2 is 1.95 bits per heavy atom. The first kappa shape index (κ1) is 14.7. The van der Waals surface area contributed by atoms with Crippen LogP contribution in [-0.4, -0.2) is 14.9 Å². The van der Waals surface area contributed by atoms with Crippen LogP contribution in [0.3, 0.4) is 0 Å². The molecule has 2 aromatic rings. The number of nitrogens with zero attached hydrogens (tertiary/aromatic N) is 3. The van der Waals surface area contributed by atoms with E-state index >= 15 is 0 Å². The molecule has 0 bridgehead atoms. The Morgan fingerprint density at radius 1 is 1.24 bits per heavy atom. The van der Waals surface area contributed by atoms with Crippen LogP contribution in [0.25, 0.3) is 0 Å². The van der Waals surface area contributed by atoms with Crippen LogP contribution in [-0.2, 0) is 0 Å². The maximum atomic E-state index is 13.5. The monoisotopic (exact) mass is 298 g/mol. The van der Waals surface area contributed by atoms with Crippen molar-refractivity contribution < 1.29 is 18.1 Å². The number of halogens is 3. The molecule has 0 aliphatic rings. The molecule has 0 unspecified atom stereocenters. The lowest BCUT2D eigenvalue weighted by atomic mass is 10.2. The second-order valence-electron chi connectivity index (χ2n) is 4.14. The summed E-state index contributed by atoms with van der Waals surface area (Å²) in [7, 11) is 0. The van der Waals surface area contributed by atoms with Crippen LogP contribution in [0, 0.1) is 27.6 Å². The van der Waals surface area contributed by atoms with Gasteiger partial charge >= 0.3 is 5.69 Å². The van der Waals surface area contributed by atoms with E-state index < -0.39 is 39.9 Å². The Hall–Kier alpha value is -2.71. The minimum Gasteiger partial charge on any atom is -0.356 e. The molecule has 0 radical (unpaired) electrons. The molecule has 2 aromatic heterocycles. The molecule has 1 N–H and O–H groups in total. The van der Waals surface area contributed by atoms with Gasteiger partial charge < -0.3 is 5.32 Å². The quantitative estimate of drug-likeness (QED) is 0.693. The molecule has 110 valence electrons. The predicted octanol–water partition coefficient (Wildman–Crippen LogP) is 2.98. The maximum Gasteiger partial charge on any atom is 0.349 e. The molecule has 0 aliphatic carbocycles. The minimum atomic E-state index is -1.60. The lowest BCUT2D eigenvalue weighted by molar-refractivity contribution is -0.387. The molecule has 2 heterocycles. The van der Waals surface area contributed by atoms with Crippen LogP contribution in [0.1, 0.15) is 18.7 Å². The second-order valence-corrected chi connectivity index (χ2v) is 4.14. The van der Waals surface area contributed by atoms with Crippen molar-refractivity contribution in [2.45, 2.75) is 13.0 Å². The van der Waals surface area contributed by atoms with Gasteiger partial charge in [0, 0.05) is 0 Å². The number of nitro groups is 1. The van der Waals surface area contributed by atoms with E-state index in [4.69, 9.17) is 0 Å². The highest BCUT2D eigenvalue weighted by atomic mass is 19.2. The van der Waals surface area contributed by atoms with Crippen LogP contribution >= 0.6 is 0 Å². The molecular formula is C12H9F3N4O2. The number of anilines is 1. The Kier molecular flexibility index (Phi) is 4.01. The topological polar surface area (TPSA) is 81.0 Å². The summed E-state index contributed by atoms with van der Waals surface area (Å²) >= 11 is 0. The highest BCUT2D eigenvalue weighted by molar-refractivity contribution is 5.57. The van der Waals surface area contributed by atoms with Gasteiger partial charge in [0.25, 0.3) is 0 Å². The zero-order chi connectivity index (χ0) is 15.6. The first-order valence-electron chi connectivity index (χ1n) is 5.76. The minimum absolute atomic E-state index is 0.359. The van der Waals surface area contributed by atoms with Crippen molar-refractivity contribution in [3.05, 3.63) is 57.8 Å². The smallest absolute Gasteiger partial charge is 0.349 e. The van der Waals surface area contributed by atoms with Gasteiger partial charge in [-0.15, -0.1) is 0 Å². The molecule has 0 amide bonds. The van der Waals surface area contributed by atoms with Crippen LogP contribution in [0.5, 0.6) is 0 Å². The van der Waals surface area contributed by atoms with Gasteiger partial charge in [-0.25, -0.2) is 13.8 Å². The summed E-state index contributed by atoms with van der Waals surface area (Å²) in [6.07, 6.45) is 1.51. The molecule has 0 aliphatic heterocycles. The standard InChI is InChI=1S/C12H9F3N4O2/c1-6(9-3-2-7(13)4-16-9)18-12-11(19(20)21)10(15)8(14)5-17-12/h2-6H,1H3,(H,17,18)/t6-/m0/s1. The SMILES string of the molecule is C[C@H](Nc1ncc(F)c(F)c1[N+](=O)[O-])c1ccc(F)cn1. The summed E-state index contributed by atoms with van der Waals surface area (Å²) < 4.78 is 39.2. The first-order chi connectivity index (χ1) is 9.90. The average molecular weight is 298 g/mol. The molecule has 6 nitrogen and oxygen atoms in total. The number of aromatic nitrogens is 2. The van der Waals surface area contributed by atoms with E-state index in [2.05, 4.69) is 15.3 Å². The van der Waals surface area contributed by atoms with Crippen molar-refractivity contribution >= 4 is 11.5 Å². The number of hydrogen-bond donors (Lipinski definition) is 1. The Bertz CT molecular complexity index is 679. The maximum absolute atomic E-state index is 13.5. The Labute approximate surface area is 116 Å². The van der Waals surface area contributed by atoms with E-state index in [1.54, 1.807) is 6.92 Å². The van der Waals surface area contributed by atoms with E-state index in [1.807, 2.05) is 0 Å². The number of hydrogen-bond acceptors (Lipinski definition) is 5. The summed E-state index contributed by atoms with van der Waals surface area (Å²) in [6, 6.07) is 1.90. The zero-order valence-electron chi connectivity index (χ0n) is 10.7. The third-order valence-corrected chi connectivity index (χ3v) is 2.68. The van der Waals surface area contributed by atoms with Crippen LogP contribution in [0.15, 0.2) is 24.5 Å². The van der Waals surface area contributed by atoms with Crippen molar-refractivity contribution in [3.63, 3.8) is 0 Å². The summed E-state index contributed by atoms with van der Waals surface area (Å²) in [6.45, 7) is 1.56. The van der Waals surface area contributed by atoms with E-state index in [-0.39, 0.29) is 0 Å². The molecule has 21 heavy (non-hydrogen) atoms. The molecule has 0 aromatic carbocycles. The third kappa shape index (κ3) is 3.07. The van der Waals surface area contributed by atoms with Gasteiger partial charge in [0.15, 0.2) is 5.82 Å².